The molecule has 6 heteroatoms. The Balaban J connectivity index is 1.35. The molecule has 1 aliphatic heterocycles. The molecule has 0 saturated carbocycles. The van der Waals surface area contributed by atoms with Crippen LogP contribution in [0.3, 0.4) is 0 Å². The Morgan fingerprint density at radius 2 is 2.16 bits per heavy atom. The summed E-state index contributed by atoms with van der Waals surface area (Å²) in [7, 11) is 0. The van der Waals surface area contributed by atoms with Gasteiger partial charge in [0.2, 0.25) is 0 Å². The van der Waals surface area contributed by atoms with E-state index in [0.29, 0.717) is 5.56 Å². The number of aromatic nitrogens is 2. The Bertz CT molecular complexity index is 836. The third-order valence-electron chi connectivity index (χ3n) is 4.31. The van der Waals surface area contributed by atoms with Crippen LogP contribution in [-0.2, 0) is 5.75 Å². The van der Waals surface area contributed by atoms with Crippen LogP contribution in [0.1, 0.15) is 22.5 Å². The predicted molar refractivity (Wildman–Crippen MR) is 99.9 cm³/mol. The highest BCUT2D eigenvalue weighted by Crippen LogP contribution is 2.23. The van der Waals surface area contributed by atoms with E-state index in [-0.39, 0.29) is 11.9 Å². The molecule has 0 aliphatic carbocycles. The first kappa shape index (κ1) is 16.2. The normalized spacial score (nSPS) is 17.0. The van der Waals surface area contributed by atoms with Crippen LogP contribution >= 0.6 is 11.8 Å². The van der Waals surface area contributed by atoms with Gasteiger partial charge in [0.1, 0.15) is 5.65 Å². The highest BCUT2D eigenvalue weighted by atomic mass is 32.2. The predicted octanol–water partition coefficient (Wildman–Crippen LogP) is 2.72. The number of fused-ring (bicyclic) bond motifs is 1. The molecule has 0 radical (unpaired) electrons. The second kappa shape index (κ2) is 7.29. The highest BCUT2D eigenvalue weighted by molar-refractivity contribution is 7.98. The fourth-order valence-corrected chi connectivity index (χ4v) is 3.75. The molecule has 4 rings (SSSR count). The van der Waals surface area contributed by atoms with Crippen molar-refractivity contribution in [2.24, 2.45) is 0 Å². The number of amides is 1. The second-order valence-corrected chi connectivity index (χ2v) is 7.22. The maximum Gasteiger partial charge on any atom is 0.251 e. The van der Waals surface area contributed by atoms with Gasteiger partial charge in [0.05, 0.1) is 5.69 Å². The van der Waals surface area contributed by atoms with Crippen molar-refractivity contribution >= 4 is 23.3 Å². The van der Waals surface area contributed by atoms with Gasteiger partial charge >= 0.3 is 0 Å². The van der Waals surface area contributed by atoms with Crippen LogP contribution in [0.2, 0.25) is 0 Å². The number of hydrogen-bond acceptors (Lipinski definition) is 4. The minimum Gasteiger partial charge on any atom is -0.348 e. The van der Waals surface area contributed by atoms with E-state index in [2.05, 4.69) is 21.8 Å². The molecular weight excluding hydrogens is 332 g/mol. The molecule has 25 heavy (non-hydrogen) atoms. The number of hydrogen-bond donors (Lipinski definition) is 2. The molecule has 2 aromatic heterocycles. The number of pyridine rings is 1. The van der Waals surface area contributed by atoms with Crippen LogP contribution in [-0.4, -0.2) is 34.4 Å². The maximum absolute atomic E-state index is 12.2. The first-order chi connectivity index (χ1) is 12.3. The molecule has 1 unspecified atom stereocenters. The fraction of sp³-hybridized carbons (Fsp3) is 0.263. The topological polar surface area (TPSA) is 58.4 Å². The van der Waals surface area contributed by atoms with E-state index in [1.54, 1.807) is 11.8 Å². The molecule has 1 atom stereocenters. The van der Waals surface area contributed by atoms with Crippen molar-refractivity contribution in [3.8, 4) is 0 Å². The summed E-state index contributed by atoms with van der Waals surface area (Å²) in [5.74, 6) is 0.812. The van der Waals surface area contributed by atoms with E-state index < -0.39 is 0 Å². The van der Waals surface area contributed by atoms with Crippen molar-refractivity contribution in [3.63, 3.8) is 0 Å². The van der Waals surface area contributed by atoms with Gasteiger partial charge in [-0.2, -0.15) is 0 Å². The van der Waals surface area contributed by atoms with Crippen LogP contribution in [0.15, 0.2) is 59.8 Å². The van der Waals surface area contributed by atoms with Gasteiger partial charge in [0.15, 0.2) is 0 Å². The molecule has 1 aliphatic rings. The van der Waals surface area contributed by atoms with E-state index in [1.165, 1.54) is 0 Å². The molecule has 1 saturated heterocycles. The van der Waals surface area contributed by atoms with Gasteiger partial charge in [-0.15, -0.1) is 11.8 Å². The quantitative estimate of drug-likeness (QED) is 0.693. The zero-order valence-electron chi connectivity index (χ0n) is 13.8. The van der Waals surface area contributed by atoms with Crippen LogP contribution in [0.25, 0.3) is 5.65 Å². The van der Waals surface area contributed by atoms with Crippen molar-refractivity contribution < 1.29 is 4.79 Å². The molecule has 0 spiro atoms. The molecular formula is C19H20N4OS. The first-order valence-corrected chi connectivity index (χ1v) is 9.43. The number of carbonyl (C=O) groups is 1. The lowest BCUT2D eigenvalue weighted by Crippen LogP contribution is -2.36. The monoisotopic (exact) mass is 352 g/mol. The van der Waals surface area contributed by atoms with Crippen molar-refractivity contribution in [3.05, 3.63) is 66.1 Å². The van der Waals surface area contributed by atoms with Crippen molar-refractivity contribution in [1.29, 1.82) is 0 Å². The molecule has 1 aromatic carbocycles. The summed E-state index contributed by atoms with van der Waals surface area (Å²) in [6, 6.07) is 14.0. The number of nitrogens with zero attached hydrogens (tertiary/aromatic N) is 2. The lowest BCUT2D eigenvalue weighted by molar-refractivity contribution is 0.0940. The molecule has 3 aromatic rings. The Kier molecular flexibility index (Phi) is 4.72. The molecule has 128 valence electrons. The molecule has 2 N–H and O–H groups in total. The summed E-state index contributed by atoms with van der Waals surface area (Å²) in [5.41, 5.74) is 2.72. The number of carbonyl (C=O) groups excluding carboxylic acids is 1. The van der Waals surface area contributed by atoms with E-state index in [0.717, 1.165) is 41.5 Å². The van der Waals surface area contributed by atoms with Crippen LogP contribution in [0.4, 0.5) is 0 Å². The van der Waals surface area contributed by atoms with Crippen LogP contribution in [0.5, 0.6) is 0 Å². The maximum atomic E-state index is 12.2. The van der Waals surface area contributed by atoms with Gasteiger partial charge in [-0.1, -0.05) is 6.07 Å². The number of thioether (sulfide) groups is 1. The van der Waals surface area contributed by atoms with Gasteiger partial charge in [-0.05, 0) is 49.4 Å². The summed E-state index contributed by atoms with van der Waals surface area (Å²) < 4.78 is 2.03. The van der Waals surface area contributed by atoms with Gasteiger partial charge in [0, 0.05) is 41.2 Å². The van der Waals surface area contributed by atoms with Crippen LogP contribution < -0.4 is 10.6 Å². The number of benzene rings is 1. The SMILES string of the molecule is O=C(NC1CCNC1)c1ccc(SCc2cn3ccccc3n2)cc1. The largest absolute Gasteiger partial charge is 0.348 e. The van der Waals surface area contributed by atoms with Gasteiger partial charge in [-0.25, -0.2) is 4.98 Å². The van der Waals surface area contributed by atoms with Gasteiger partial charge in [-0.3, -0.25) is 4.79 Å². The first-order valence-electron chi connectivity index (χ1n) is 8.45. The second-order valence-electron chi connectivity index (χ2n) is 6.17. The van der Waals surface area contributed by atoms with Crippen LogP contribution in [0, 0.1) is 0 Å². The van der Waals surface area contributed by atoms with Crippen molar-refractivity contribution in [2.75, 3.05) is 13.1 Å². The van der Waals surface area contributed by atoms with E-state index >= 15 is 0 Å². The summed E-state index contributed by atoms with van der Waals surface area (Å²) in [6.45, 7) is 1.84. The fourth-order valence-electron chi connectivity index (χ4n) is 2.96. The minimum atomic E-state index is 0.00519. The average molecular weight is 352 g/mol. The lowest BCUT2D eigenvalue weighted by atomic mass is 10.2. The standard InChI is InChI=1S/C19H20N4OS/c24-19(22-15-8-9-20-11-15)14-4-6-17(7-5-14)25-13-16-12-23-10-2-1-3-18(23)21-16/h1-7,10,12,15,20H,8-9,11,13H2,(H,22,24). The Labute approximate surface area is 150 Å². The van der Waals surface area contributed by atoms with Crippen molar-refractivity contribution in [1.82, 2.24) is 20.0 Å². The summed E-state index contributed by atoms with van der Waals surface area (Å²) >= 11 is 1.72. The summed E-state index contributed by atoms with van der Waals surface area (Å²) in [4.78, 5) is 18.0. The summed E-state index contributed by atoms with van der Waals surface area (Å²) in [5, 5.41) is 6.32. The third-order valence-corrected chi connectivity index (χ3v) is 5.36. The van der Waals surface area contributed by atoms with E-state index in [1.807, 2.05) is 53.1 Å². The lowest BCUT2D eigenvalue weighted by Gasteiger charge is -2.11. The molecule has 3 heterocycles. The number of rotatable bonds is 5. The Morgan fingerprint density at radius 3 is 2.92 bits per heavy atom. The molecule has 1 amide bonds. The molecule has 0 bridgehead atoms. The smallest absolute Gasteiger partial charge is 0.251 e. The van der Waals surface area contributed by atoms with Gasteiger partial charge < -0.3 is 15.0 Å². The highest BCUT2D eigenvalue weighted by Gasteiger charge is 2.17. The zero-order valence-corrected chi connectivity index (χ0v) is 14.6. The minimum absolute atomic E-state index is 0.00519. The summed E-state index contributed by atoms with van der Waals surface area (Å²) in [6.07, 6.45) is 5.06. The number of imidazole rings is 1. The van der Waals surface area contributed by atoms with E-state index in [9.17, 15) is 4.79 Å². The zero-order chi connectivity index (χ0) is 17.1. The average Bonchev–Trinajstić information content (AvgIpc) is 3.29. The van der Waals surface area contributed by atoms with E-state index in [4.69, 9.17) is 0 Å². The third kappa shape index (κ3) is 3.86. The molecule has 1 fully saturated rings. The van der Waals surface area contributed by atoms with Crippen molar-refractivity contribution in [2.45, 2.75) is 23.1 Å². The number of nitrogens with one attached hydrogen (secondary N) is 2. The van der Waals surface area contributed by atoms with Gasteiger partial charge in [0.25, 0.3) is 5.91 Å². The Hall–Kier alpha value is -2.31. The molecule has 5 nitrogen and oxygen atoms in total. The Morgan fingerprint density at radius 1 is 1.28 bits per heavy atom.